The molecule has 1 N–H and O–H groups in total. The van der Waals surface area contributed by atoms with Crippen LogP contribution in [-0.2, 0) is 11.3 Å². The lowest BCUT2D eigenvalue weighted by Crippen LogP contribution is -2.54. The number of ketones is 1. The fourth-order valence-electron chi connectivity index (χ4n) is 8.06. The SMILES string of the molecule is CCn1cc(/C=C2\C[C@@H]3[C@H]4CC[C@H]5C[C@@H](O)CC[C@]5(C)[C@@H]4CC[C@]3(C)C2=O)c(C)n1. The molecule has 0 unspecified atom stereocenters. The van der Waals surface area contributed by atoms with E-state index in [1.165, 1.54) is 19.3 Å². The molecule has 4 fully saturated rings. The molecule has 4 nitrogen and oxygen atoms in total. The minimum atomic E-state index is -0.182. The number of carbonyl (C=O) groups excluding carboxylic acids is 1. The minimum Gasteiger partial charge on any atom is -0.393 e. The molecule has 0 aromatic carbocycles. The molecule has 1 aromatic heterocycles. The van der Waals surface area contributed by atoms with E-state index >= 15 is 0 Å². The molecule has 1 heterocycles. The molecular weight excluding hydrogens is 372 g/mol. The molecule has 5 rings (SSSR count). The Morgan fingerprint density at radius 2 is 2.00 bits per heavy atom. The number of Topliss-reactive ketones (excluding diaryl/α,β-unsaturated/α-hetero) is 1. The van der Waals surface area contributed by atoms with E-state index in [9.17, 15) is 9.90 Å². The average Bonchev–Trinajstić information content (AvgIpc) is 3.20. The molecule has 4 aliphatic rings. The van der Waals surface area contributed by atoms with Gasteiger partial charge >= 0.3 is 0 Å². The molecule has 4 heteroatoms. The predicted octanol–water partition coefficient (Wildman–Crippen LogP) is 5.18. The van der Waals surface area contributed by atoms with Crippen molar-refractivity contribution in [3.63, 3.8) is 0 Å². The highest BCUT2D eigenvalue weighted by molar-refractivity contribution is 6.06. The third kappa shape index (κ3) is 2.89. The van der Waals surface area contributed by atoms with Crippen molar-refractivity contribution in [2.45, 2.75) is 91.7 Å². The van der Waals surface area contributed by atoms with Gasteiger partial charge in [0.15, 0.2) is 5.78 Å². The monoisotopic (exact) mass is 410 g/mol. The van der Waals surface area contributed by atoms with Crippen LogP contribution < -0.4 is 0 Å². The maximum Gasteiger partial charge on any atom is 0.165 e. The van der Waals surface area contributed by atoms with Crippen molar-refractivity contribution in [1.82, 2.24) is 9.78 Å². The lowest BCUT2D eigenvalue weighted by Gasteiger charge is -2.59. The van der Waals surface area contributed by atoms with Crippen LogP contribution in [0.15, 0.2) is 11.8 Å². The van der Waals surface area contributed by atoms with Crippen LogP contribution in [0.5, 0.6) is 0 Å². The van der Waals surface area contributed by atoms with Gasteiger partial charge in [0.2, 0.25) is 0 Å². The van der Waals surface area contributed by atoms with Gasteiger partial charge in [0.05, 0.1) is 11.8 Å². The van der Waals surface area contributed by atoms with Gasteiger partial charge in [0.1, 0.15) is 0 Å². The molecular formula is C26H38N2O2. The molecule has 4 aliphatic carbocycles. The second kappa shape index (κ2) is 7.05. The highest BCUT2D eigenvalue weighted by Crippen LogP contribution is 2.66. The number of allylic oxidation sites excluding steroid dienone is 1. The number of aliphatic hydroxyl groups is 1. The normalized spacial score (nSPS) is 44.6. The first kappa shape index (κ1) is 20.5. The van der Waals surface area contributed by atoms with E-state index in [1.54, 1.807) is 0 Å². The van der Waals surface area contributed by atoms with Crippen molar-refractivity contribution in [1.29, 1.82) is 0 Å². The second-order valence-electron chi connectivity index (χ2n) is 11.3. The van der Waals surface area contributed by atoms with Gasteiger partial charge in [0.25, 0.3) is 0 Å². The van der Waals surface area contributed by atoms with E-state index in [0.29, 0.717) is 29.0 Å². The van der Waals surface area contributed by atoms with Crippen molar-refractivity contribution < 1.29 is 9.90 Å². The van der Waals surface area contributed by atoms with Crippen LogP contribution in [0.3, 0.4) is 0 Å². The molecule has 0 radical (unpaired) electrons. The van der Waals surface area contributed by atoms with Gasteiger partial charge in [-0.3, -0.25) is 9.48 Å². The molecule has 7 atom stereocenters. The summed E-state index contributed by atoms with van der Waals surface area (Å²) in [4.78, 5) is 13.6. The number of nitrogens with zero attached hydrogens (tertiary/aromatic N) is 2. The first-order chi connectivity index (χ1) is 14.3. The van der Waals surface area contributed by atoms with E-state index in [4.69, 9.17) is 0 Å². The Morgan fingerprint density at radius 1 is 1.20 bits per heavy atom. The van der Waals surface area contributed by atoms with E-state index in [0.717, 1.165) is 61.4 Å². The molecule has 164 valence electrons. The summed E-state index contributed by atoms with van der Waals surface area (Å²) in [5.74, 6) is 2.94. The zero-order valence-electron chi connectivity index (χ0n) is 19.2. The summed E-state index contributed by atoms with van der Waals surface area (Å²) in [7, 11) is 0. The number of aromatic nitrogens is 2. The lowest BCUT2D eigenvalue weighted by atomic mass is 9.45. The molecule has 1 aromatic rings. The third-order valence-corrected chi connectivity index (χ3v) is 9.92. The smallest absolute Gasteiger partial charge is 0.165 e. The Bertz CT molecular complexity index is 886. The molecule has 0 aliphatic heterocycles. The Labute approximate surface area is 181 Å². The van der Waals surface area contributed by atoms with Crippen LogP contribution >= 0.6 is 0 Å². The maximum atomic E-state index is 13.6. The van der Waals surface area contributed by atoms with Gasteiger partial charge in [-0.1, -0.05) is 13.8 Å². The van der Waals surface area contributed by atoms with E-state index in [-0.39, 0.29) is 11.5 Å². The summed E-state index contributed by atoms with van der Waals surface area (Å²) in [5, 5.41) is 14.8. The fourth-order valence-corrected chi connectivity index (χ4v) is 8.06. The zero-order valence-corrected chi connectivity index (χ0v) is 19.2. The summed E-state index contributed by atoms with van der Waals surface area (Å²) in [6.07, 6.45) is 12.9. The Morgan fingerprint density at radius 3 is 2.73 bits per heavy atom. The summed E-state index contributed by atoms with van der Waals surface area (Å²) >= 11 is 0. The number of aryl methyl sites for hydroxylation is 2. The Kier molecular flexibility index (Phi) is 4.81. The summed E-state index contributed by atoms with van der Waals surface area (Å²) < 4.78 is 1.96. The highest BCUT2D eigenvalue weighted by atomic mass is 16.3. The third-order valence-electron chi connectivity index (χ3n) is 9.92. The molecule has 0 spiro atoms. The van der Waals surface area contributed by atoms with Gasteiger partial charge in [-0.05, 0) is 106 Å². The van der Waals surface area contributed by atoms with Gasteiger partial charge in [0, 0.05) is 23.7 Å². The number of carbonyl (C=O) groups is 1. The highest BCUT2D eigenvalue weighted by Gasteiger charge is 2.61. The summed E-state index contributed by atoms with van der Waals surface area (Å²) in [5.41, 5.74) is 3.34. The summed E-state index contributed by atoms with van der Waals surface area (Å²) in [6, 6.07) is 0. The van der Waals surface area contributed by atoms with Crippen LogP contribution in [0.2, 0.25) is 0 Å². The Balaban J connectivity index is 1.45. The van der Waals surface area contributed by atoms with Crippen molar-refractivity contribution in [3.8, 4) is 0 Å². The number of rotatable bonds is 2. The van der Waals surface area contributed by atoms with Gasteiger partial charge < -0.3 is 5.11 Å². The van der Waals surface area contributed by atoms with E-state index in [2.05, 4.69) is 38.1 Å². The first-order valence-corrected chi connectivity index (χ1v) is 12.2. The standard InChI is InChI=1S/C26H38N2O2/c1-5-28-15-18(16(2)27-28)12-17-13-23-21-7-6-19-14-20(29)8-10-25(19,3)22(21)9-11-26(23,4)24(17)30/h12,15,19-23,29H,5-11,13-14H2,1-4H3/b17-12+/t19-,20-,21-,22+,23+,25-,26-/m0/s1. The number of hydrogen-bond acceptors (Lipinski definition) is 3. The van der Waals surface area contributed by atoms with Crippen LogP contribution in [0.1, 0.15) is 83.4 Å². The van der Waals surface area contributed by atoms with Crippen LogP contribution in [0, 0.1) is 41.4 Å². The topological polar surface area (TPSA) is 55.1 Å². The van der Waals surface area contributed by atoms with Gasteiger partial charge in [-0.2, -0.15) is 5.10 Å². The molecule has 0 saturated heterocycles. The molecule has 30 heavy (non-hydrogen) atoms. The number of aliphatic hydroxyl groups excluding tert-OH is 1. The Hall–Kier alpha value is -1.42. The van der Waals surface area contributed by atoms with E-state index < -0.39 is 0 Å². The van der Waals surface area contributed by atoms with Gasteiger partial charge in [-0.25, -0.2) is 0 Å². The number of fused-ring (bicyclic) bond motifs is 5. The second-order valence-corrected chi connectivity index (χ2v) is 11.3. The average molecular weight is 411 g/mol. The van der Waals surface area contributed by atoms with Crippen LogP contribution in [-0.4, -0.2) is 26.8 Å². The molecule has 4 saturated carbocycles. The van der Waals surface area contributed by atoms with Crippen molar-refractivity contribution in [3.05, 3.63) is 23.0 Å². The zero-order chi connectivity index (χ0) is 21.3. The largest absolute Gasteiger partial charge is 0.393 e. The van der Waals surface area contributed by atoms with Gasteiger partial charge in [-0.15, -0.1) is 0 Å². The van der Waals surface area contributed by atoms with Crippen molar-refractivity contribution >= 4 is 11.9 Å². The minimum absolute atomic E-state index is 0.0941. The van der Waals surface area contributed by atoms with Crippen LogP contribution in [0.25, 0.3) is 6.08 Å². The van der Waals surface area contributed by atoms with E-state index in [1.807, 2.05) is 11.6 Å². The van der Waals surface area contributed by atoms with Crippen molar-refractivity contribution in [2.24, 2.45) is 34.5 Å². The number of hydrogen-bond donors (Lipinski definition) is 1. The lowest BCUT2D eigenvalue weighted by molar-refractivity contribution is -0.141. The molecule has 0 bridgehead atoms. The fraction of sp³-hybridized carbons (Fsp3) is 0.769. The maximum absolute atomic E-state index is 13.6. The first-order valence-electron chi connectivity index (χ1n) is 12.2. The summed E-state index contributed by atoms with van der Waals surface area (Å²) in [6.45, 7) is 9.78. The van der Waals surface area contributed by atoms with Crippen molar-refractivity contribution in [2.75, 3.05) is 0 Å². The molecule has 0 amide bonds. The quantitative estimate of drug-likeness (QED) is 0.684. The predicted molar refractivity (Wildman–Crippen MR) is 119 cm³/mol. The van der Waals surface area contributed by atoms with Crippen LogP contribution in [0.4, 0.5) is 0 Å².